The van der Waals surface area contributed by atoms with Crippen molar-refractivity contribution in [1.29, 1.82) is 0 Å². The quantitative estimate of drug-likeness (QED) is 0.850. The normalized spacial score (nSPS) is 17.3. The molecule has 0 spiro atoms. The summed E-state index contributed by atoms with van der Waals surface area (Å²) in [5.74, 6) is 0.852. The molecule has 1 fully saturated rings. The molecule has 2 rings (SSSR count). The first-order valence-corrected chi connectivity index (χ1v) is 5.88. The molecule has 1 N–H and O–H groups in total. The van der Waals surface area contributed by atoms with Gasteiger partial charge in [0.25, 0.3) is 0 Å². The topological polar surface area (TPSA) is 32.7 Å². The van der Waals surface area contributed by atoms with Gasteiger partial charge in [0.2, 0.25) is 0 Å². The fourth-order valence-corrected chi connectivity index (χ4v) is 2.29. The molecule has 1 saturated heterocycles. The third-order valence-electron chi connectivity index (χ3n) is 3.12. The van der Waals surface area contributed by atoms with Crippen molar-refractivity contribution in [2.45, 2.75) is 25.8 Å². The molecule has 16 heavy (non-hydrogen) atoms. The smallest absolute Gasteiger partial charge is 0.164 e. The maximum absolute atomic E-state index is 9.68. The number of methoxy groups -OCH3 is 1. The monoisotopic (exact) mass is 221 g/mol. The molecule has 1 aliphatic rings. The average Bonchev–Trinajstić information content (AvgIpc) is 2.31. The lowest BCUT2D eigenvalue weighted by molar-refractivity contribution is 0.217. The minimum Gasteiger partial charge on any atom is -0.504 e. The SMILES string of the molecule is COc1c(O)cccc1CN1CCCCC1. The predicted octanol–water partition coefficient (Wildman–Crippen LogP) is 2.39. The van der Waals surface area contributed by atoms with Gasteiger partial charge in [0.1, 0.15) is 0 Å². The number of nitrogens with zero attached hydrogens (tertiary/aromatic N) is 1. The van der Waals surface area contributed by atoms with Crippen molar-refractivity contribution in [3.8, 4) is 11.5 Å². The van der Waals surface area contributed by atoms with Crippen LogP contribution in [0.2, 0.25) is 0 Å². The lowest BCUT2D eigenvalue weighted by Gasteiger charge is -2.27. The summed E-state index contributed by atoms with van der Waals surface area (Å²) in [4.78, 5) is 2.42. The molecule has 0 aromatic heterocycles. The first kappa shape index (κ1) is 11.3. The van der Waals surface area contributed by atoms with Gasteiger partial charge in [-0.2, -0.15) is 0 Å². The highest BCUT2D eigenvalue weighted by Gasteiger charge is 2.14. The second kappa shape index (κ2) is 5.21. The van der Waals surface area contributed by atoms with Crippen molar-refractivity contribution in [2.75, 3.05) is 20.2 Å². The number of likely N-dealkylation sites (tertiary alicyclic amines) is 1. The van der Waals surface area contributed by atoms with Crippen LogP contribution in [-0.4, -0.2) is 30.2 Å². The number of benzene rings is 1. The lowest BCUT2D eigenvalue weighted by Crippen LogP contribution is -2.29. The molecule has 1 aromatic rings. The van der Waals surface area contributed by atoms with Gasteiger partial charge in [0, 0.05) is 12.1 Å². The maximum Gasteiger partial charge on any atom is 0.164 e. The minimum atomic E-state index is 0.233. The first-order chi connectivity index (χ1) is 7.81. The second-order valence-electron chi connectivity index (χ2n) is 4.31. The van der Waals surface area contributed by atoms with Crippen molar-refractivity contribution in [3.05, 3.63) is 23.8 Å². The number of hydrogen-bond donors (Lipinski definition) is 1. The van der Waals surface area contributed by atoms with Crippen molar-refractivity contribution in [2.24, 2.45) is 0 Å². The van der Waals surface area contributed by atoms with Gasteiger partial charge in [-0.3, -0.25) is 4.90 Å². The summed E-state index contributed by atoms with van der Waals surface area (Å²) in [7, 11) is 1.61. The van der Waals surface area contributed by atoms with Gasteiger partial charge in [-0.05, 0) is 32.0 Å². The van der Waals surface area contributed by atoms with Crippen LogP contribution in [0.15, 0.2) is 18.2 Å². The number of aromatic hydroxyl groups is 1. The molecule has 0 radical (unpaired) electrons. The summed E-state index contributed by atoms with van der Waals surface area (Å²) < 4.78 is 5.24. The van der Waals surface area contributed by atoms with E-state index in [0.29, 0.717) is 5.75 Å². The van der Waals surface area contributed by atoms with Gasteiger partial charge in [-0.15, -0.1) is 0 Å². The molecule has 0 aliphatic carbocycles. The van der Waals surface area contributed by atoms with E-state index in [1.54, 1.807) is 13.2 Å². The van der Waals surface area contributed by atoms with Crippen LogP contribution in [0.4, 0.5) is 0 Å². The van der Waals surface area contributed by atoms with E-state index >= 15 is 0 Å². The minimum absolute atomic E-state index is 0.233. The largest absolute Gasteiger partial charge is 0.504 e. The Morgan fingerprint density at radius 2 is 2.00 bits per heavy atom. The van der Waals surface area contributed by atoms with E-state index in [-0.39, 0.29) is 5.75 Å². The number of piperidine rings is 1. The Hall–Kier alpha value is -1.22. The molecular formula is C13H19NO2. The van der Waals surface area contributed by atoms with Gasteiger partial charge in [-0.25, -0.2) is 0 Å². The summed E-state index contributed by atoms with van der Waals surface area (Å²) in [5.41, 5.74) is 1.07. The van der Waals surface area contributed by atoms with Crippen molar-refractivity contribution in [1.82, 2.24) is 4.90 Å². The van der Waals surface area contributed by atoms with Gasteiger partial charge >= 0.3 is 0 Å². The number of para-hydroxylation sites is 1. The van der Waals surface area contributed by atoms with E-state index in [9.17, 15) is 5.11 Å². The highest BCUT2D eigenvalue weighted by Crippen LogP contribution is 2.30. The standard InChI is InChI=1S/C13H19NO2/c1-16-13-11(6-5-7-12(13)15)10-14-8-3-2-4-9-14/h5-7,15H,2-4,8-10H2,1H3. The zero-order valence-corrected chi connectivity index (χ0v) is 9.78. The highest BCUT2D eigenvalue weighted by molar-refractivity contribution is 5.45. The molecule has 0 bridgehead atoms. The molecule has 88 valence electrons. The van der Waals surface area contributed by atoms with Gasteiger partial charge < -0.3 is 9.84 Å². The zero-order valence-electron chi connectivity index (χ0n) is 9.78. The summed E-state index contributed by atoms with van der Waals surface area (Å²) in [6.45, 7) is 3.18. The van der Waals surface area contributed by atoms with Crippen molar-refractivity contribution in [3.63, 3.8) is 0 Å². The average molecular weight is 221 g/mol. The van der Waals surface area contributed by atoms with E-state index in [1.807, 2.05) is 12.1 Å². The molecule has 0 atom stereocenters. The third kappa shape index (κ3) is 2.47. The van der Waals surface area contributed by atoms with Crippen LogP contribution in [0.25, 0.3) is 0 Å². The Labute approximate surface area is 96.6 Å². The van der Waals surface area contributed by atoms with Crippen molar-refractivity contribution < 1.29 is 9.84 Å². The van der Waals surface area contributed by atoms with Gasteiger partial charge in [0.15, 0.2) is 11.5 Å². The highest BCUT2D eigenvalue weighted by atomic mass is 16.5. The van der Waals surface area contributed by atoms with Crippen LogP contribution in [0.5, 0.6) is 11.5 Å². The van der Waals surface area contributed by atoms with Crippen molar-refractivity contribution >= 4 is 0 Å². The fraction of sp³-hybridized carbons (Fsp3) is 0.538. The lowest BCUT2D eigenvalue weighted by atomic mass is 10.1. The summed E-state index contributed by atoms with van der Waals surface area (Å²) in [6, 6.07) is 5.56. The number of ether oxygens (including phenoxy) is 1. The Morgan fingerprint density at radius 3 is 2.69 bits per heavy atom. The second-order valence-corrected chi connectivity index (χ2v) is 4.31. The fourth-order valence-electron chi connectivity index (χ4n) is 2.29. The number of rotatable bonds is 3. The number of hydrogen-bond acceptors (Lipinski definition) is 3. The predicted molar refractivity (Wildman–Crippen MR) is 63.8 cm³/mol. The summed E-state index contributed by atoms with van der Waals surface area (Å²) >= 11 is 0. The van der Waals surface area contributed by atoms with Crippen LogP contribution in [0.3, 0.4) is 0 Å². The van der Waals surface area contributed by atoms with Crippen LogP contribution in [0.1, 0.15) is 24.8 Å². The Balaban J connectivity index is 2.10. The third-order valence-corrected chi connectivity index (χ3v) is 3.12. The maximum atomic E-state index is 9.68. The van der Waals surface area contributed by atoms with E-state index in [4.69, 9.17) is 4.74 Å². The van der Waals surface area contributed by atoms with Gasteiger partial charge in [0.05, 0.1) is 7.11 Å². The molecule has 0 amide bonds. The molecule has 1 aliphatic heterocycles. The van der Waals surface area contributed by atoms with Crippen LogP contribution in [-0.2, 0) is 6.54 Å². The molecule has 1 aromatic carbocycles. The molecule has 0 saturated carbocycles. The van der Waals surface area contributed by atoms with Gasteiger partial charge in [-0.1, -0.05) is 18.6 Å². The van der Waals surface area contributed by atoms with E-state index < -0.39 is 0 Å². The van der Waals surface area contributed by atoms with E-state index in [2.05, 4.69) is 4.90 Å². The zero-order chi connectivity index (χ0) is 11.4. The Bertz CT molecular complexity index is 346. The number of phenols is 1. The molecule has 0 unspecified atom stereocenters. The van der Waals surface area contributed by atoms with E-state index in [1.165, 1.54) is 19.3 Å². The summed E-state index contributed by atoms with van der Waals surface area (Å²) in [5, 5.41) is 9.68. The van der Waals surface area contributed by atoms with E-state index in [0.717, 1.165) is 25.2 Å². The number of phenolic OH excluding ortho intramolecular Hbond substituents is 1. The summed E-state index contributed by atoms with van der Waals surface area (Å²) in [6.07, 6.45) is 3.90. The van der Waals surface area contributed by atoms with Crippen LogP contribution in [0, 0.1) is 0 Å². The van der Waals surface area contributed by atoms with Crippen LogP contribution < -0.4 is 4.74 Å². The molecule has 1 heterocycles. The molecule has 3 heteroatoms. The first-order valence-electron chi connectivity index (χ1n) is 5.88. The Morgan fingerprint density at radius 1 is 1.25 bits per heavy atom. The molecule has 3 nitrogen and oxygen atoms in total. The molecular weight excluding hydrogens is 202 g/mol. The Kier molecular flexibility index (Phi) is 3.67. The van der Waals surface area contributed by atoms with Crippen LogP contribution >= 0.6 is 0 Å².